The number of carboxylic acid groups (broad SMARTS) is 1. The average Bonchev–Trinajstić information content (AvgIpc) is 2.26. The number of hydrogen-bond acceptors (Lipinski definition) is 3. The highest BCUT2D eigenvalue weighted by molar-refractivity contribution is 8.13. The Morgan fingerprint density at radius 2 is 1.89 bits per heavy atom. The summed E-state index contributed by atoms with van der Waals surface area (Å²) in [5.74, 6) is -1.04. The molecule has 2 aromatic rings. The predicted molar refractivity (Wildman–Crippen MR) is 68.7 cm³/mol. The van der Waals surface area contributed by atoms with Gasteiger partial charge in [0.1, 0.15) is 0 Å². The molecule has 0 unspecified atom stereocenters. The van der Waals surface area contributed by atoms with Crippen molar-refractivity contribution in [1.82, 2.24) is 0 Å². The molecule has 0 bridgehead atoms. The van der Waals surface area contributed by atoms with E-state index in [1.54, 1.807) is 19.1 Å². The highest BCUT2D eigenvalue weighted by Crippen LogP contribution is 2.26. The van der Waals surface area contributed by atoms with Crippen LogP contribution in [0.3, 0.4) is 0 Å². The van der Waals surface area contributed by atoms with Crippen molar-refractivity contribution in [1.29, 1.82) is 0 Å². The molecule has 2 aromatic carbocycles. The molecule has 0 spiro atoms. The third-order valence-corrected chi connectivity index (χ3v) is 4.05. The van der Waals surface area contributed by atoms with Gasteiger partial charge in [-0.3, -0.25) is 0 Å². The molecule has 0 aliphatic rings. The minimum atomic E-state index is -3.81. The van der Waals surface area contributed by atoms with E-state index in [2.05, 4.69) is 0 Å². The van der Waals surface area contributed by atoms with Crippen molar-refractivity contribution in [2.75, 3.05) is 0 Å². The van der Waals surface area contributed by atoms with Crippen LogP contribution in [0, 0.1) is 6.92 Å². The van der Waals surface area contributed by atoms with Crippen LogP contribution in [0.15, 0.2) is 35.2 Å². The van der Waals surface area contributed by atoms with Crippen LogP contribution in [0.2, 0.25) is 0 Å². The second-order valence-corrected chi connectivity index (χ2v) is 6.45. The fraction of sp³-hybridized carbons (Fsp3) is 0.0833. The molecule has 0 fully saturated rings. The Labute approximate surface area is 108 Å². The SMILES string of the molecule is Cc1ccc2cc(S(=O)(=O)Cl)ccc2c1C(=O)O. The molecular weight excluding hydrogens is 276 g/mol. The van der Waals surface area contributed by atoms with Crippen LogP contribution in [0.25, 0.3) is 10.8 Å². The van der Waals surface area contributed by atoms with Gasteiger partial charge >= 0.3 is 5.97 Å². The Hall–Kier alpha value is -1.59. The lowest BCUT2D eigenvalue weighted by atomic mass is 10.00. The van der Waals surface area contributed by atoms with Crippen molar-refractivity contribution < 1.29 is 18.3 Å². The van der Waals surface area contributed by atoms with Gasteiger partial charge in [0.25, 0.3) is 9.05 Å². The predicted octanol–water partition coefficient (Wildman–Crippen LogP) is 2.77. The zero-order chi connectivity index (χ0) is 13.5. The summed E-state index contributed by atoms with van der Waals surface area (Å²) < 4.78 is 22.4. The van der Waals surface area contributed by atoms with Gasteiger partial charge in [-0.05, 0) is 35.4 Å². The van der Waals surface area contributed by atoms with Gasteiger partial charge in [0.05, 0.1) is 10.5 Å². The van der Waals surface area contributed by atoms with Gasteiger partial charge in [0, 0.05) is 10.7 Å². The maximum Gasteiger partial charge on any atom is 0.336 e. The number of carbonyl (C=O) groups is 1. The van der Waals surface area contributed by atoms with Crippen LogP contribution < -0.4 is 0 Å². The topological polar surface area (TPSA) is 71.4 Å². The lowest BCUT2D eigenvalue weighted by Gasteiger charge is -2.07. The van der Waals surface area contributed by atoms with E-state index < -0.39 is 15.0 Å². The summed E-state index contributed by atoms with van der Waals surface area (Å²) in [4.78, 5) is 11.1. The number of halogens is 1. The number of benzene rings is 2. The molecule has 1 N–H and O–H groups in total. The van der Waals surface area contributed by atoms with Crippen molar-refractivity contribution in [2.45, 2.75) is 11.8 Å². The molecule has 0 aromatic heterocycles. The van der Waals surface area contributed by atoms with E-state index in [-0.39, 0.29) is 10.5 Å². The maximum atomic E-state index is 11.2. The molecule has 0 atom stereocenters. The minimum absolute atomic E-state index is 0.0446. The van der Waals surface area contributed by atoms with Crippen LogP contribution in [-0.2, 0) is 9.05 Å². The van der Waals surface area contributed by atoms with E-state index >= 15 is 0 Å². The van der Waals surface area contributed by atoms with Crippen molar-refractivity contribution in [3.63, 3.8) is 0 Å². The highest BCUT2D eigenvalue weighted by Gasteiger charge is 2.15. The minimum Gasteiger partial charge on any atom is -0.478 e. The Bertz CT molecular complexity index is 750. The first-order valence-corrected chi connectivity index (χ1v) is 7.33. The molecule has 0 saturated heterocycles. The summed E-state index contributed by atoms with van der Waals surface area (Å²) in [6.45, 7) is 1.69. The summed E-state index contributed by atoms with van der Waals surface area (Å²) in [6, 6.07) is 7.43. The second kappa shape index (κ2) is 4.26. The van der Waals surface area contributed by atoms with E-state index in [9.17, 15) is 13.2 Å². The maximum absolute atomic E-state index is 11.2. The molecule has 0 amide bonds. The number of hydrogen-bond donors (Lipinski definition) is 1. The first-order valence-electron chi connectivity index (χ1n) is 5.02. The van der Waals surface area contributed by atoms with Gasteiger partial charge in [-0.2, -0.15) is 0 Å². The van der Waals surface area contributed by atoms with Crippen LogP contribution in [0.4, 0.5) is 0 Å². The van der Waals surface area contributed by atoms with E-state index in [4.69, 9.17) is 15.8 Å². The summed E-state index contributed by atoms with van der Waals surface area (Å²) in [5.41, 5.74) is 0.794. The summed E-state index contributed by atoms with van der Waals surface area (Å²) in [5, 5.41) is 10.2. The van der Waals surface area contributed by atoms with E-state index in [1.165, 1.54) is 18.2 Å². The van der Waals surface area contributed by atoms with Gasteiger partial charge < -0.3 is 5.11 Å². The van der Waals surface area contributed by atoms with Gasteiger partial charge in [0.2, 0.25) is 0 Å². The van der Waals surface area contributed by atoms with Crippen molar-refractivity contribution in [3.05, 3.63) is 41.5 Å². The fourth-order valence-corrected chi connectivity index (χ4v) is 2.64. The quantitative estimate of drug-likeness (QED) is 0.861. The first kappa shape index (κ1) is 12.9. The zero-order valence-electron chi connectivity index (χ0n) is 9.34. The Morgan fingerprint density at radius 1 is 1.22 bits per heavy atom. The molecule has 94 valence electrons. The standard InChI is InChI=1S/C12H9ClO4S/c1-7-2-3-8-6-9(18(13,16)17)4-5-10(8)11(7)12(14)15/h2-6H,1H3,(H,14,15). The molecular formula is C12H9ClO4S. The summed E-state index contributed by atoms with van der Waals surface area (Å²) in [7, 11) is 1.44. The van der Waals surface area contributed by atoms with Crippen LogP contribution in [0.1, 0.15) is 15.9 Å². The van der Waals surface area contributed by atoms with Gasteiger partial charge in [-0.15, -0.1) is 0 Å². The number of fused-ring (bicyclic) bond motifs is 1. The number of rotatable bonds is 2. The average molecular weight is 285 g/mol. The van der Waals surface area contributed by atoms with Gasteiger partial charge in [-0.1, -0.05) is 18.2 Å². The molecule has 18 heavy (non-hydrogen) atoms. The number of aromatic carboxylic acids is 1. The largest absolute Gasteiger partial charge is 0.478 e. The normalized spacial score (nSPS) is 11.7. The van der Waals surface area contributed by atoms with Gasteiger partial charge in [-0.25, -0.2) is 13.2 Å². The molecule has 2 rings (SSSR count). The lowest BCUT2D eigenvalue weighted by Crippen LogP contribution is -2.01. The third-order valence-electron chi connectivity index (χ3n) is 2.70. The second-order valence-electron chi connectivity index (χ2n) is 3.88. The first-order chi connectivity index (χ1) is 8.30. The summed E-state index contributed by atoms with van der Waals surface area (Å²) >= 11 is 0. The van der Waals surface area contributed by atoms with E-state index in [0.29, 0.717) is 16.3 Å². The molecule has 6 heteroatoms. The molecule has 4 nitrogen and oxygen atoms in total. The number of aryl methyl sites for hydroxylation is 1. The lowest BCUT2D eigenvalue weighted by molar-refractivity contribution is 0.0698. The summed E-state index contributed by atoms with van der Waals surface area (Å²) in [6.07, 6.45) is 0. The highest BCUT2D eigenvalue weighted by atomic mass is 35.7. The molecule has 0 heterocycles. The Morgan fingerprint density at radius 3 is 2.44 bits per heavy atom. The molecule has 0 aliphatic carbocycles. The number of carboxylic acids is 1. The van der Waals surface area contributed by atoms with Crippen LogP contribution in [-0.4, -0.2) is 19.5 Å². The van der Waals surface area contributed by atoms with Crippen molar-refractivity contribution in [3.8, 4) is 0 Å². The Balaban J connectivity index is 2.84. The molecule has 0 radical (unpaired) electrons. The van der Waals surface area contributed by atoms with Crippen molar-refractivity contribution >= 4 is 36.5 Å². The van der Waals surface area contributed by atoms with Crippen LogP contribution >= 0.6 is 10.7 Å². The fourth-order valence-electron chi connectivity index (χ4n) is 1.85. The monoisotopic (exact) mass is 284 g/mol. The Kier molecular flexibility index (Phi) is 3.04. The molecule has 0 aliphatic heterocycles. The third kappa shape index (κ3) is 2.19. The zero-order valence-corrected chi connectivity index (χ0v) is 10.9. The van der Waals surface area contributed by atoms with Crippen molar-refractivity contribution in [2.24, 2.45) is 0 Å². The smallest absolute Gasteiger partial charge is 0.336 e. The van der Waals surface area contributed by atoms with E-state index in [0.717, 1.165) is 0 Å². The van der Waals surface area contributed by atoms with Crippen LogP contribution in [0.5, 0.6) is 0 Å². The van der Waals surface area contributed by atoms with Gasteiger partial charge in [0.15, 0.2) is 0 Å². The van der Waals surface area contributed by atoms with E-state index in [1.807, 2.05) is 0 Å². The molecule has 0 saturated carbocycles.